The molecule has 0 amide bonds. The van der Waals surface area contributed by atoms with E-state index in [-0.39, 0.29) is 5.97 Å². The third-order valence-electron chi connectivity index (χ3n) is 1.65. The maximum atomic E-state index is 11.1. The highest BCUT2D eigenvalue weighted by molar-refractivity contribution is 5.90. The van der Waals surface area contributed by atoms with Crippen molar-refractivity contribution in [3.63, 3.8) is 0 Å². The van der Waals surface area contributed by atoms with Crippen LogP contribution in [0, 0.1) is 13.8 Å². The zero-order chi connectivity index (χ0) is 9.14. The van der Waals surface area contributed by atoms with Gasteiger partial charge in [-0.05, 0) is 25.5 Å². The lowest BCUT2D eigenvalue weighted by molar-refractivity contribution is 0.0599. The van der Waals surface area contributed by atoms with Gasteiger partial charge < -0.3 is 4.74 Å². The molecule has 0 bridgehead atoms. The Morgan fingerprint density at radius 3 is 2.75 bits per heavy atom. The lowest BCUT2D eigenvalue weighted by Gasteiger charge is -2.02. The van der Waals surface area contributed by atoms with Crippen LogP contribution in [0.4, 0.5) is 0 Å². The monoisotopic (exact) mass is 165 g/mol. The number of methoxy groups -OCH3 is 1. The molecule has 0 saturated carbocycles. The highest BCUT2D eigenvalue weighted by Crippen LogP contribution is 2.08. The summed E-state index contributed by atoms with van der Waals surface area (Å²) < 4.78 is 4.61. The first-order valence-electron chi connectivity index (χ1n) is 3.66. The molecule has 1 aromatic rings. The number of aromatic nitrogens is 1. The fraction of sp³-hybridized carbons (Fsp3) is 0.333. The van der Waals surface area contributed by atoms with Crippen molar-refractivity contribution in [3.8, 4) is 0 Å². The highest BCUT2D eigenvalue weighted by atomic mass is 16.5. The van der Waals surface area contributed by atoms with Gasteiger partial charge in [-0.3, -0.25) is 4.98 Å². The standard InChI is InChI=1S/C9H11NO2/c1-6-5-10-7(2)4-8(6)9(11)12-3/h4-5H,1-3H3. The van der Waals surface area contributed by atoms with Crippen molar-refractivity contribution >= 4 is 5.97 Å². The minimum atomic E-state index is -0.307. The summed E-state index contributed by atoms with van der Waals surface area (Å²) in [6.45, 7) is 3.67. The van der Waals surface area contributed by atoms with Crippen molar-refractivity contribution in [2.75, 3.05) is 7.11 Å². The van der Waals surface area contributed by atoms with Crippen molar-refractivity contribution < 1.29 is 9.53 Å². The van der Waals surface area contributed by atoms with Crippen LogP contribution in [0.25, 0.3) is 0 Å². The predicted molar refractivity (Wildman–Crippen MR) is 45.1 cm³/mol. The van der Waals surface area contributed by atoms with Crippen LogP contribution >= 0.6 is 0 Å². The number of hydrogen-bond donors (Lipinski definition) is 0. The van der Waals surface area contributed by atoms with E-state index < -0.39 is 0 Å². The van der Waals surface area contributed by atoms with E-state index >= 15 is 0 Å². The SMILES string of the molecule is COC(=O)c1cc(C)ncc1C. The van der Waals surface area contributed by atoms with Gasteiger partial charge in [0.15, 0.2) is 0 Å². The number of carbonyl (C=O) groups excluding carboxylic acids is 1. The van der Waals surface area contributed by atoms with Crippen molar-refractivity contribution in [2.45, 2.75) is 13.8 Å². The number of esters is 1. The molecule has 0 aromatic carbocycles. The first-order valence-corrected chi connectivity index (χ1v) is 3.66. The number of rotatable bonds is 1. The van der Waals surface area contributed by atoms with Crippen molar-refractivity contribution in [1.29, 1.82) is 0 Å². The van der Waals surface area contributed by atoms with Crippen LogP contribution in [0.15, 0.2) is 12.3 Å². The molecule has 0 radical (unpaired) electrons. The predicted octanol–water partition coefficient (Wildman–Crippen LogP) is 1.49. The summed E-state index contributed by atoms with van der Waals surface area (Å²) in [5.41, 5.74) is 2.25. The normalized spacial score (nSPS) is 9.58. The summed E-state index contributed by atoms with van der Waals surface area (Å²) >= 11 is 0. The van der Waals surface area contributed by atoms with Gasteiger partial charge in [0.1, 0.15) is 0 Å². The third kappa shape index (κ3) is 1.61. The lowest BCUT2D eigenvalue weighted by atomic mass is 10.1. The number of ether oxygens (including phenoxy) is 1. The fourth-order valence-electron chi connectivity index (χ4n) is 0.958. The summed E-state index contributed by atoms with van der Waals surface area (Å²) in [6, 6.07) is 1.72. The molecule has 1 aromatic heterocycles. The molecule has 0 saturated heterocycles. The van der Waals surface area contributed by atoms with Gasteiger partial charge in [0, 0.05) is 11.9 Å². The van der Waals surface area contributed by atoms with E-state index in [4.69, 9.17) is 0 Å². The van der Waals surface area contributed by atoms with Gasteiger partial charge >= 0.3 is 5.97 Å². The Labute approximate surface area is 71.4 Å². The van der Waals surface area contributed by atoms with Crippen molar-refractivity contribution in [2.24, 2.45) is 0 Å². The van der Waals surface area contributed by atoms with E-state index in [1.165, 1.54) is 7.11 Å². The molecule has 1 heterocycles. The number of hydrogen-bond acceptors (Lipinski definition) is 3. The van der Waals surface area contributed by atoms with E-state index in [1.54, 1.807) is 12.3 Å². The number of aryl methyl sites for hydroxylation is 2. The van der Waals surface area contributed by atoms with Gasteiger partial charge in [-0.2, -0.15) is 0 Å². The van der Waals surface area contributed by atoms with Gasteiger partial charge in [-0.15, -0.1) is 0 Å². The minimum Gasteiger partial charge on any atom is -0.465 e. The third-order valence-corrected chi connectivity index (χ3v) is 1.65. The van der Waals surface area contributed by atoms with Crippen LogP contribution in [0.1, 0.15) is 21.6 Å². The number of nitrogens with zero attached hydrogens (tertiary/aromatic N) is 1. The Bertz CT molecular complexity index is 307. The molecule has 0 atom stereocenters. The second-order valence-corrected chi connectivity index (χ2v) is 2.63. The van der Waals surface area contributed by atoms with Gasteiger partial charge in [-0.1, -0.05) is 0 Å². The molecule has 0 aliphatic carbocycles. The molecule has 0 spiro atoms. The number of carbonyl (C=O) groups is 1. The molecular weight excluding hydrogens is 154 g/mol. The van der Waals surface area contributed by atoms with Crippen LogP contribution in [0.3, 0.4) is 0 Å². The second-order valence-electron chi connectivity index (χ2n) is 2.63. The average Bonchev–Trinajstić information content (AvgIpc) is 2.08. The zero-order valence-electron chi connectivity index (χ0n) is 7.42. The maximum absolute atomic E-state index is 11.1. The molecule has 3 heteroatoms. The quantitative estimate of drug-likeness (QED) is 0.592. The van der Waals surface area contributed by atoms with E-state index in [1.807, 2.05) is 13.8 Å². The molecule has 3 nitrogen and oxygen atoms in total. The Balaban J connectivity index is 3.13. The zero-order valence-corrected chi connectivity index (χ0v) is 7.42. The second kappa shape index (κ2) is 3.34. The Morgan fingerprint density at radius 1 is 1.50 bits per heavy atom. The first-order chi connectivity index (χ1) is 5.65. The summed E-state index contributed by atoms with van der Waals surface area (Å²) in [6.07, 6.45) is 1.67. The fourth-order valence-corrected chi connectivity index (χ4v) is 0.958. The van der Waals surface area contributed by atoms with Crippen LogP contribution in [-0.2, 0) is 4.74 Å². The molecule has 1 rings (SSSR count). The highest BCUT2D eigenvalue weighted by Gasteiger charge is 2.08. The molecule has 64 valence electrons. The summed E-state index contributed by atoms with van der Waals surface area (Å²) in [7, 11) is 1.37. The molecule has 0 N–H and O–H groups in total. The van der Waals surface area contributed by atoms with Crippen molar-refractivity contribution in [1.82, 2.24) is 4.98 Å². The molecule has 0 aliphatic rings. The summed E-state index contributed by atoms with van der Waals surface area (Å²) in [5, 5.41) is 0. The number of pyridine rings is 1. The van der Waals surface area contributed by atoms with Crippen LogP contribution < -0.4 is 0 Å². The largest absolute Gasteiger partial charge is 0.465 e. The van der Waals surface area contributed by atoms with Gasteiger partial charge in [0.2, 0.25) is 0 Å². The van der Waals surface area contributed by atoms with Gasteiger partial charge in [0.25, 0.3) is 0 Å². The Kier molecular flexibility index (Phi) is 2.43. The van der Waals surface area contributed by atoms with Crippen LogP contribution in [0.5, 0.6) is 0 Å². The molecule has 12 heavy (non-hydrogen) atoms. The molecular formula is C9H11NO2. The van der Waals surface area contributed by atoms with E-state index in [0.29, 0.717) is 5.56 Å². The van der Waals surface area contributed by atoms with E-state index in [9.17, 15) is 4.79 Å². The smallest absolute Gasteiger partial charge is 0.338 e. The van der Waals surface area contributed by atoms with E-state index in [2.05, 4.69) is 9.72 Å². The summed E-state index contributed by atoms with van der Waals surface area (Å²) in [5.74, 6) is -0.307. The Morgan fingerprint density at radius 2 is 2.17 bits per heavy atom. The van der Waals surface area contributed by atoms with Crippen molar-refractivity contribution in [3.05, 3.63) is 29.1 Å². The average molecular weight is 165 g/mol. The molecule has 0 unspecified atom stereocenters. The topological polar surface area (TPSA) is 39.2 Å². The van der Waals surface area contributed by atoms with Gasteiger partial charge in [-0.25, -0.2) is 4.79 Å². The lowest BCUT2D eigenvalue weighted by Crippen LogP contribution is -2.04. The minimum absolute atomic E-state index is 0.307. The Hall–Kier alpha value is -1.38. The van der Waals surface area contributed by atoms with Crippen LogP contribution in [-0.4, -0.2) is 18.1 Å². The van der Waals surface area contributed by atoms with Gasteiger partial charge in [0.05, 0.1) is 12.7 Å². The van der Waals surface area contributed by atoms with Crippen LogP contribution in [0.2, 0.25) is 0 Å². The maximum Gasteiger partial charge on any atom is 0.338 e. The molecule has 0 fully saturated rings. The molecule has 0 aliphatic heterocycles. The van der Waals surface area contributed by atoms with E-state index in [0.717, 1.165) is 11.3 Å². The first kappa shape index (κ1) is 8.71. The summed E-state index contributed by atoms with van der Waals surface area (Å²) in [4.78, 5) is 15.2.